The zero-order chi connectivity index (χ0) is 18.5. The quantitative estimate of drug-likeness (QED) is 0.560. The third kappa shape index (κ3) is 3.89. The highest BCUT2D eigenvalue weighted by Crippen LogP contribution is 2.02. The van der Waals surface area contributed by atoms with E-state index in [0.29, 0.717) is 5.76 Å². The molecule has 26 heavy (non-hydrogen) atoms. The van der Waals surface area contributed by atoms with Gasteiger partial charge in [-0.3, -0.25) is 24.3 Å². The lowest BCUT2D eigenvalue weighted by Crippen LogP contribution is -2.40. The van der Waals surface area contributed by atoms with E-state index in [0.717, 1.165) is 4.68 Å². The summed E-state index contributed by atoms with van der Waals surface area (Å²) in [6.07, 6.45) is 1.49. The molecule has 0 saturated carbocycles. The van der Waals surface area contributed by atoms with Gasteiger partial charge in [-0.2, -0.15) is 0 Å². The van der Waals surface area contributed by atoms with Gasteiger partial charge in [0.25, 0.3) is 11.1 Å². The summed E-state index contributed by atoms with van der Waals surface area (Å²) in [5.41, 5.74) is -0.957. The van der Waals surface area contributed by atoms with Crippen molar-refractivity contribution in [1.29, 1.82) is 0 Å². The van der Waals surface area contributed by atoms with Crippen LogP contribution in [0.1, 0.15) is 5.76 Å². The zero-order valence-electron chi connectivity index (χ0n) is 13.7. The number of fused-ring (bicyclic) bond motifs is 1. The molecular weight excluding hydrogens is 340 g/mol. The molecule has 0 atom stereocenters. The molecule has 0 aliphatic carbocycles. The number of amides is 2. The van der Waals surface area contributed by atoms with E-state index in [1.807, 2.05) is 0 Å². The predicted molar refractivity (Wildman–Crippen MR) is 92.4 cm³/mol. The molecule has 2 heterocycles. The molecule has 0 aliphatic rings. The summed E-state index contributed by atoms with van der Waals surface area (Å²) in [7, 11) is 0. The second-order valence-corrected chi connectivity index (χ2v) is 5.51. The molecular formula is C17H16N4O5. The van der Waals surface area contributed by atoms with Crippen molar-refractivity contribution in [3.05, 3.63) is 69.1 Å². The predicted octanol–water partition coefficient (Wildman–Crippen LogP) is -0.285. The van der Waals surface area contributed by atoms with Gasteiger partial charge in [0.1, 0.15) is 12.3 Å². The van der Waals surface area contributed by atoms with Gasteiger partial charge in [0.15, 0.2) is 0 Å². The van der Waals surface area contributed by atoms with Gasteiger partial charge >= 0.3 is 0 Å². The summed E-state index contributed by atoms with van der Waals surface area (Å²) in [5, 5.41) is 7.80. The van der Waals surface area contributed by atoms with E-state index in [9.17, 15) is 19.2 Å². The number of H-pyrrole nitrogens is 1. The van der Waals surface area contributed by atoms with Crippen molar-refractivity contribution < 1.29 is 14.0 Å². The van der Waals surface area contributed by atoms with E-state index < -0.39 is 29.5 Å². The van der Waals surface area contributed by atoms with E-state index in [1.165, 1.54) is 18.4 Å². The molecule has 0 fully saturated rings. The van der Waals surface area contributed by atoms with Crippen molar-refractivity contribution in [1.82, 2.24) is 20.4 Å². The summed E-state index contributed by atoms with van der Waals surface area (Å²) in [5.74, 6) is -0.398. The molecule has 2 amide bonds. The van der Waals surface area contributed by atoms with E-state index in [2.05, 4.69) is 15.7 Å². The van der Waals surface area contributed by atoms with Crippen molar-refractivity contribution in [3.63, 3.8) is 0 Å². The largest absolute Gasteiger partial charge is 0.467 e. The first kappa shape index (κ1) is 17.2. The summed E-state index contributed by atoms with van der Waals surface area (Å²) in [6, 6.07) is 9.74. The van der Waals surface area contributed by atoms with Gasteiger partial charge in [0.05, 0.1) is 30.1 Å². The number of aromatic amines is 1. The summed E-state index contributed by atoms with van der Waals surface area (Å²) in [6.45, 7) is -0.449. The minimum atomic E-state index is -0.578. The summed E-state index contributed by atoms with van der Waals surface area (Å²) < 4.78 is 5.99. The first-order chi connectivity index (χ1) is 12.5. The third-order valence-corrected chi connectivity index (χ3v) is 3.67. The SMILES string of the molecule is O=C(CNC(=O)Cn1[nH]c(=O)c2ccccc2c1=O)NCc1ccco1. The van der Waals surface area contributed by atoms with Crippen molar-refractivity contribution in [2.45, 2.75) is 13.1 Å². The van der Waals surface area contributed by atoms with Crippen LogP contribution in [0, 0.1) is 0 Å². The second kappa shape index (κ2) is 7.51. The van der Waals surface area contributed by atoms with Gasteiger partial charge in [-0.25, -0.2) is 4.68 Å². The minimum Gasteiger partial charge on any atom is -0.467 e. The van der Waals surface area contributed by atoms with Crippen molar-refractivity contribution in [3.8, 4) is 0 Å². The molecule has 0 unspecified atom stereocenters. The van der Waals surface area contributed by atoms with E-state index in [4.69, 9.17) is 4.42 Å². The van der Waals surface area contributed by atoms with E-state index in [-0.39, 0.29) is 23.9 Å². The first-order valence-electron chi connectivity index (χ1n) is 7.82. The van der Waals surface area contributed by atoms with Gasteiger partial charge in [0, 0.05) is 0 Å². The van der Waals surface area contributed by atoms with Crippen LogP contribution in [0.15, 0.2) is 56.7 Å². The molecule has 9 heteroatoms. The highest BCUT2D eigenvalue weighted by molar-refractivity contribution is 5.85. The standard InChI is InChI=1S/C17H16N4O5/c22-14(18-8-11-4-3-7-26-11)9-19-15(23)10-21-17(25)13-6-2-1-5-12(13)16(24)20-21/h1-7H,8-10H2,(H,18,22)(H,19,23)(H,20,24). The average Bonchev–Trinajstić information content (AvgIpc) is 3.16. The maximum Gasteiger partial charge on any atom is 0.273 e. The number of nitrogens with zero attached hydrogens (tertiary/aromatic N) is 1. The number of hydrogen-bond acceptors (Lipinski definition) is 5. The monoisotopic (exact) mass is 356 g/mol. The Kier molecular flexibility index (Phi) is 4.97. The molecule has 3 aromatic rings. The van der Waals surface area contributed by atoms with Crippen molar-refractivity contribution >= 4 is 22.6 Å². The number of furan rings is 1. The Labute approximate surface area is 146 Å². The second-order valence-electron chi connectivity index (χ2n) is 5.51. The third-order valence-electron chi connectivity index (χ3n) is 3.67. The van der Waals surface area contributed by atoms with Gasteiger partial charge in [-0.05, 0) is 24.3 Å². The molecule has 9 nitrogen and oxygen atoms in total. The van der Waals surface area contributed by atoms with Crippen LogP contribution in [0.3, 0.4) is 0 Å². The molecule has 0 radical (unpaired) electrons. The number of hydrogen-bond donors (Lipinski definition) is 3. The molecule has 134 valence electrons. The normalized spacial score (nSPS) is 10.6. The van der Waals surface area contributed by atoms with Crippen LogP contribution in [0.2, 0.25) is 0 Å². The van der Waals surface area contributed by atoms with Gasteiger partial charge in [0.2, 0.25) is 11.8 Å². The first-order valence-corrected chi connectivity index (χ1v) is 7.82. The molecule has 1 aromatic carbocycles. The topological polar surface area (TPSA) is 126 Å². The number of nitrogens with one attached hydrogen (secondary N) is 3. The van der Waals surface area contributed by atoms with E-state index >= 15 is 0 Å². The highest BCUT2D eigenvalue weighted by atomic mass is 16.3. The fourth-order valence-electron chi connectivity index (χ4n) is 2.40. The van der Waals surface area contributed by atoms with Gasteiger partial charge in [-0.15, -0.1) is 0 Å². The highest BCUT2D eigenvalue weighted by Gasteiger charge is 2.11. The van der Waals surface area contributed by atoms with Gasteiger partial charge in [-0.1, -0.05) is 12.1 Å². The van der Waals surface area contributed by atoms with Gasteiger partial charge < -0.3 is 15.1 Å². The summed E-state index contributed by atoms with van der Waals surface area (Å²) in [4.78, 5) is 47.9. The number of rotatable bonds is 6. The van der Waals surface area contributed by atoms with Crippen LogP contribution in [0.4, 0.5) is 0 Å². The molecule has 3 N–H and O–H groups in total. The maximum absolute atomic E-state index is 12.3. The zero-order valence-corrected chi connectivity index (χ0v) is 13.7. The van der Waals surface area contributed by atoms with Crippen LogP contribution in [-0.2, 0) is 22.7 Å². The lowest BCUT2D eigenvalue weighted by atomic mass is 10.2. The Morgan fingerprint density at radius 3 is 2.50 bits per heavy atom. The van der Waals surface area contributed by atoms with Crippen LogP contribution in [-0.4, -0.2) is 28.1 Å². The Balaban J connectivity index is 1.59. The lowest BCUT2D eigenvalue weighted by Gasteiger charge is -2.08. The van der Waals surface area contributed by atoms with Crippen molar-refractivity contribution in [2.24, 2.45) is 0 Å². The fraction of sp³-hybridized carbons (Fsp3) is 0.176. The lowest BCUT2D eigenvalue weighted by molar-refractivity contribution is -0.126. The Hall–Kier alpha value is -3.62. The number of carbonyl (C=O) groups excluding carboxylic acids is 2. The number of carbonyl (C=O) groups is 2. The average molecular weight is 356 g/mol. The molecule has 0 saturated heterocycles. The molecule has 0 aliphatic heterocycles. The molecule has 2 aromatic heterocycles. The Bertz CT molecular complexity index is 1050. The number of aromatic nitrogens is 2. The Morgan fingerprint density at radius 1 is 1.00 bits per heavy atom. The van der Waals surface area contributed by atoms with E-state index in [1.54, 1.807) is 24.3 Å². The van der Waals surface area contributed by atoms with Crippen LogP contribution >= 0.6 is 0 Å². The van der Waals surface area contributed by atoms with Crippen molar-refractivity contribution in [2.75, 3.05) is 6.54 Å². The minimum absolute atomic E-state index is 0.207. The fourth-order valence-corrected chi connectivity index (χ4v) is 2.40. The van der Waals surface area contributed by atoms with Crippen LogP contribution in [0.5, 0.6) is 0 Å². The Morgan fingerprint density at radius 2 is 1.77 bits per heavy atom. The number of benzene rings is 1. The maximum atomic E-state index is 12.3. The molecule has 3 rings (SSSR count). The summed E-state index contributed by atoms with van der Waals surface area (Å²) >= 11 is 0. The molecule has 0 bridgehead atoms. The smallest absolute Gasteiger partial charge is 0.273 e. The van der Waals surface area contributed by atoms with Crippen LogP contribution in [0.25, 0.3) is 10.8 Å². The molecule has 0 spiro atoms. The van der Waals surface area contributed by atoms with Crippen LogP contribution < -0.4 is 21.8 Å².